The van der Waals surface area contributed by atoms with Crippen molar-refractivity contribution >= 4 is 22.4 Å². The summed E-state index contributed by atoms with van der Waals surface area (Å²) in [5.41, 5.74) is 6.30. The monoisotopic (exact) mass is 334 g/mol. The van der Waals surface area contributed by atoms with Crippen molar-refractivity contribution in [1.29, 1.82) is 0 Å². The number of halogens is 2. The number of nitrogens with one attached hydrogen (secondary N) is 1. The molecule has 3 N–H and O–H groups in total. The van der Waals surface area contributed by atoms with Crippen LogP contribution in [0.1, 0.15) is 5.56 Å². The van der Waals surface area contributed by atoms with Gasteiger partial charge in [-0.05, 0) is 30.7 Å². The van der Waals surface area contributed by atoms with Crippen molar-refractivity contribution in [2.75, 3.05) is 13.1 Å². The summed E-state index contributed by atoms with van der Waals surface area (Å²) in [5, 5.41) is 3.98. The van der Waals surface area contributed by atoms with Crippen molar-refractivity contribution in [1.82, 2.24) is 14.5 Å². The predicted octanol–water partition coefficient (Wildman–Crippen LogP) is 0.979. The third-order valence-corrected chi connectivity index (χ3v) is 4.08. The third-order valence-electron chi connectivity index (χ3n) is 2.62. The van der Waals surface area contributed by atoms with E-state index < -0.39 is 15.8 Å². The molecule has 21 heavy (non-hydrogen) atoms. The van der Waals surface area contributed by atoms with Crippen LogP contribution in [-0.2, 0) is 10.0 Å². The van der Waals surface area contributed by atoms with Gasteiger partial charge in [-0.25, -0.2) is 22.2 Å². The molecule has 2 rings (SSSR count). The summed E-state index contributed by atoms with van der Waals surface area (Å²) in [4.78, 5) is -0.143. The van der Waals surface area contributed by atoms with E-state index in [2.05, 4.69) is 9.82 Å². The lowest BCUT2D eigenvalue weighted by Gasteiger charge is -2.08. The van der Waals surface area contributed by atoms with Gasteiger partial charge in [0.25, 0.3) is 0 Å². The van der Waals surface area contributed by atoms with Gasteiger partial charge < -0.3 is 5.73 Å². The smallest absolute Gasteiger partial charge is 0.240 e. The van der Waals surface area contributed by atoms with Gasteiger partial charge in [0.05, 0.1) is 11.1 Å². The lowest BCUT2D eigenvalue weighted by Crippen LogP contribution is -2.29. The molecule has 0 radical (unpaired) electrons. The SMILES string of the molecule is Cc1cnn(-c2ccc(S(=O)(=O)NCCN)cc2F)c1.Cl. The van der Waals surface area contributed by atoms with Gasteiger partial charge >= 0.3 is 0 Å². The lowest BCUT2D eigenvalue weighted by molar-refractivity contribution is 0.576. The van der Waals surface area contributed by atoms with Gasteiger partial charge in [0.2, 0.25) is 10.0 Å². The first kappa shape index (κ1) is 17.6. The van der Waals surface area contributed by atoms with Crippen LogP contribution in [0, 0.1) is 12.7 Å². The average Bonchev–Trinajstić information content (AvgIpc) is 2.82. The van der Waals surface area contributed by atoms with E-state index in [4.69, 9.17) is 5.73 Å². The molecule has 1 aromatic carbocycles. The van der Waals surface area contributed by atoms with Crippen molar-refractivity contribution in [3.63, 3.8) is 0 Å². The van der Waals surface area contributed by atoms with Crippen molar-refractivity contribution in [3.8, 4) is 5.69 Å². The Morgan fingerprint density at radius 3 is 2.67 bits per heavy atom. The summed E-state index contributed by atoms with van der Waals surface area (Å²) in [6.45, 7) is 2.10. The molecular weight excluding hydrogens is 319 g/mol. The molecule has 2 aromatic rings. The number of hydrogen-bond acceptors (Lipinski definition) is 4. The Morgan fingerprint density at radius 2 is 2.14 bits per heavy atom. The second kappa shape index (κ2) is 6.99. The molecule has 0 aliphatic heterocycles. The summed E-state index contributed by atoms with van der Waals surface area (Å²) in [6.07, 6.45) is 3.24. The van der Waals surface area contributed by atoms with Crippen molar-refractivity contribution in [2.24, 2.45) is 5.73 Å². The highest BCUT2D eigenvalue weighted by Gasteiger charge is 2.16. The normalized spacial score (nSPS) is 11.2. The van der Waals surface area contributed by atoms with Crippen LogP contribution >= 0.6 is 12.4 Å². The Morgan fingerprint density at radius 1 is 1.43 bits per heavy atom. The van der Waals surface area contributed by atoms with Crippen LogP contribution in [0.25, 0.3) is 5.69 Å². The zero-order valence-corrected chi connectivity index (χ0v) is 12.9. The fourth-order valence-electron chi connectivity index (χ4n) is 1.66. The maximum Gasteiger partial charge on any atom is 0.240 e. The second-order valence-corrected chi connectivity index (χ2v) is 6.03. The van der Waals surface area contributed by atoms with E-state index in [-0.39, 0.29) is 36.1 Å². The van der Waals surface area contributed by atoms with E-state index in [1.165, 1.54) is 16.8 Å². The molecule has 0 saturated heterocycles. The quantitative estimate of drug-likeness (QED) is 0.852. The van der Waals surface area contributed by atoms with E-state index in [1.54, 1.807) is 12.4 Å². The van der Waals surface area contributed by atoms with E-state index >= 15 is 0 Å². The molecule has 1 heterocycles. The Hall–Kier alpha value is -1.48. The second-order valence-electron chi connectivity index (χ2n) is 4.26. The molecule has 6 nitrogen and oxygen atoms in total. The molecule has 0 unspecified atom stereocenters. The number of sulfonamides is 1. The minimum Gasteiger partial charge on any atom is -0.329 e. The summed E-state index contributed by atoms with van der Waals surface area (Å²) in [6, 6.07) is 3.66. The number of hydrogen-bond donors (Lipinski definition) is 2. The number of rotatable bonds is 5. The zero-order chi connectivity index (χ0) is 14.8. The van der Waals surface area contributed by atoms with Crippen LogP contribution in [0.2, 0.25) is 0 Å². The highest BCUT2D eigenvalue weighted by Crippen LogP contribution is 2.18. The fraction of sp³-hybridized carbons (Fsp3) is 0.250. The molecule has 116 valence electrons. The molecular formula is C12H16ClFN4O2S. The summed E-state index contributed by atoms with van der Waals surface area (Å²) in [5.74, 6) is -0.663. The van der Waals surface area contributed by atoms with Gasteiger partial charge in [0, 0.05) is 19.3 Å². The summed E-state index contributed by atoms with van der Waals surface area (Å²) < 4.78 is 41.3. The van der Waals surface area contributed by atoms with Gasteiger partial charge in [0.1, 0.15) is 11.5 Å². The number of nitrogens with two attached hydrogens (primary N) is 1. The van der Waals surface area contributed by atoms with Gasteiger partial charge in [-0.15, -0.1) is 12.4 Å². The van der Waals surface area contributed by atoms with Crippen LogP contribution in [0.4, 0.5) is 4.39 Å². The first-order valence-corrected chi connectivity index (χ1v) is 7.43. The van der Waals surface area contributed by atoms with E-state index in [1.807, 2.05) is 6.92 Å². The zero-order valence-electron chi connectivity index (χ0n) is 11.3. The maximum atomic E-state index is 14.0. The van der Waals surface area contributed by atoms with Gasteiger partial charge in [-0.1, -0.05) is 0 Å². The van der Waals surface area contributed by atoms with E-state index in [0.29, 0.717) is 0 Å². The number of aryl methyl sites for hydroxylation is 1. The van der Waals surface area contributed by atoms with Crippen molar-refractivity contribution in [3.05, 3.63) is 42.0 Å². The molecule has 0 aliphatic rings. The Balaban J connectivity index is 0.00000220. The van der Waals surface area contributed by atoms with E-state index in [0.717, 1.165) is 11.6 Å². The molecule has 0 saturated carbocycles. The number of aromatic nitrogens is 2. The highest BCUT2D eigenvalue weighted by atomic mass is 35.5. The predicted molar refractivity (Wildman–Crippen MR) is 79.7 cm³/mol. The largest absolute Gasteiger partial charge is 0.329 e. The Labute approximate surface area is 128 Å². The van der Waals surface area contributed by atoms with Crippen molar-refractivity contribution in [2.45, 2.75) is 11.8 Å². The maximum absolute atomic E-state index is 14.0. The molecule has 0 fully saturated rings. The molecule has 0 bridgehead atoms. The topological polar surface area (TPSA) is 90.0 Å². The lowest BCUT2D eigenvalue weighted by atomic mass is 10.3. The number of nitrogens with zero attached hydrogens (tertiary/aromatic N) is 2. The highest BCUT2D eigenvalue weighted by molar-refractivity contribution is 7.89. The molecule has 0 aliphatic carbocycles. The van der Waals surface area contributed by atoms with Crippen molar-refractivity contribution < 1.29 is 12.8 Å². The fourth-order valence-corrected chi connectivity index (χ4v) is 2.72. The van der Waals surface area contributed by atoms with Gasteiger partial charge in [-0.2, -0.15) is 5.10 Å². The first-order valence-electron chi connectivity index (χ1n) is 5.95. The Bertz CT molecular complexity index is 718. The minimum absolute atomic E-state index is 0. The molecule has 0 spiro atoms. The van der Waals surface area contributed by atoms with Crippen LogP contribution in [0.3, 0.4) is 0 Å². The van der Waals surface area contributed by atoms with Crippen LogP contribution in [0.5, 0.6) is 0 Å². The van der Waals surface area contributed by atoms with E-state index in [9.17, 15) is 12.8 Å². The van der Waals surface area contributed by atoms with Gasteiger partial charge in [0.15, 0.2) is 0 Å². The van der Waals surface area contributed by atoms with Crippen LogP contribution in [0.15, 0.2) is 35.5 Å². The standard InChI is InChI=1S/C12H15FN4O2S.ClH/c1-9-7-15-17(8-9)12-3-2-10(6-11(12)13)20(18,19)16-5-4-14;/h2-3,6-8,16H,4-5,14H2,1H3;1H. The van der Waals surface area contributed by atoms with Gasteiger partial charge in [-0.3, -0.25) is 0 Å². The number of benzene rings is 1. The summed E-state index contributed by atoms with van der Waals surface area (Å²) >= 11 is 0. The molecule has 0 amide bonds. The molecule has 1 aromatic heterocycles. The molecule has 0 atom stereocenters. The first-order chi connectivity index (χ1) is 9.44. The summed E-state index contributed by atoms with van der Waals surface area (Å²) in [7, 11) is -3.74. The molecule has 9 heteroatoms. The van der Waals surface area contributed by atoms with Crippen LogP contribution in [-0.4, -0.2) is 31.3 Å². The average molecular weight is 335 g/mol. The minimum atomic E-state index is -3.74. The Kier molecular flexibility index (Phi) is 5.85. The third kappa shape index (κ3) is 4.01. The van der Waals surface area contributed by atoms with Crippen LogP contribution < -0.4 is 10.5 Å².